The van der Waals surface area contributed by atoms with E-state index in [2.05, 4.69) is 10.3 Å². The molecule has 0 saturated heterocycles. The Bertz CT molecular complexity index is 537. The van der Waals surface area contributed by atoms with Gasteiger partial charge in [0.2, 0.25) is 5.88 Å². The van der Waals surface area contributed by atoms with Crippen molar-refractivity contribution < 1.29 is 24.2 Å². The summed E-state index contributed by atoms with van der Waals surface area (Å²) < 4.78 is 10.2. The van der Waals surface area contributed by atoms with Gasteiger partial charge in [-0.2, -0.15) is 0 Å². The van der Waals surface area contributed by atoms with Gasteiger partial charge in [-0.15, -0.1) is 0 Å². The molecule has 2 N–H and O–H groups in total. The fourth-order valence-electron chi connectivity index (χ4n) is 1.64. The van der Waals surface area contributed by atoms with E-state index in [1.807, 2.05) is 0 Å². The number of aromatic nitrogens is 1. The largest absolute Gasteiger partial charge is 0.481 e. The van der Waals surface area contributed by atoms with E-state index in [0.717, 1.165) is 0 Å². The SMILES string of the molecule is COc1nccc(C(C)C(=O)O)c1NC(=O)OC(C)(C)C. The highest BCUT2D eigenvalue weighted by atomic mass is 16.6. The lowest BCUT2D eigenvalue weighted by Crippen LogP contribution is -2.28. The average Bonchev–Trinajstić information content (AvgIpc) is 2.35. The van der Waals surface area contributed by atoms with Crippen molar-refractivity contribution in [2.24, 2.45) is 0 Å². The predicted molar refractivity (Wildman–Crippen MR) is 76.7 cm³/mol. The molecule has 1 amide bonds. The topological polar surface area (TPSA) is 97.8 Å². The Morgan fingerprint density at radius 1 is 1.38 bits per heavy atom. The van der Waals surface area contributed by atoms with Crippen LogP contribution in [0, 0.1) is 0 Å². The lowest BCUT2D eigenvalue weighted by Gasteiger charge is -2.21. The monoisotopic (exact) mass is 296 g/mol. The molecule has 0 aliphatic heterocycles. The number of pyridine rings is 1. The van der Waals surface area contributed by atoms with Gasteiger partial charge in [-0.25, -0.2) is 9.78 Å². The number of amides is 1. The lowest BCUT2D eigenvalue weighted by molar-refractivity contribution is -0.138. The molecule has 0 aliphatic carbocycles. The van der Waals surface area contributed by atoms with Crippen molar-refractivity contribution in [3.63, 3.8) is 0 Å². The molecular formula is C14H20N2O5. The first-order chi connectivity index (χ1) is 9.65. The average molecular weight is 296 g/mol. The van der Waals surface area contributed by atoms with Gasteiger partial charge in [-0.3, -0.25) is 10.1 Å². The van der Waals surface area contributed by atoms with E-state index in [1.165, 1.54) is 26.3 Å². The van der Waals surface area contributed by atoms with Gasteiger partial charge in [-0.05, 0) is 39.3 Å². The molecule has 0 aliphatic rings. The quantitative estimate of drug-likeness (QED) is 0.886. The van der Waals surface area contributed by atoms with Crippen LogP contribution < -0.4 is 10.1 Å². The first-order valence-corrected chi connectivity index (χ1v) is 6.41. The number of carboxylic acids is 1. The molecule has 21 heavy (non-hydrogen) atoms. The standard InChI is InChI=1S/C14H20N2O5/c1-8(12(17)18)9-6-7-15-11(20-5)10(9)16-13(19)21-14(2,3)4/h6-8H,1-5H3,(H,16,19)(H,17,18). The number of rotatable bonds is 4. The number of ether oxygens (including phenoxy) is 2. The Labute approximate surface area is 123 Å². The highest BCUT2D eigenvalue weighted by Crippen LogP contribution is 2.32. The van der Waals surface area contributed by atoms with Crippen molar-refractivity contribution in [2.45, 2.75) is 39.2 Å². The summed E-state index contributed by atoms with van der Waals surface area (Å²) in [4.78, 5) is 27.0. The molecule has 1 aromatic rings. The minimum absolute atomic E-state index is 0.131. The maximum Gasteiger partial charge on any atom is 0.412 e. The van der Waals surface area contributed by atoms with E-state index in [0.29, 0.717) is 5.56 Å². The molecule has 1 heterocycles. The Morgan fingerprint density at radius 2 is 2.00 bits per heavy atom. The van der Waals surface area contributed by atoms with Crippen LogP contribution in [-0.4, -0.2) is 34.9 Å². The Hall–Kier alpha value is -2.31. The molecule has 0 aromatic carbocycles. The van der Waals surface area contributed by atoms with E-state index in [-0.39, 0.29) is 11.6 Å². The van der Waals surface area contributed by atoms with Crippen molar-refractivity contribution in [3.8, 4) is 5.88 Å². The molecule has 1 unspecified atom stereocenters. The molecule has 7 nitrogen and oxygen atoms in total. The molecule has 0 bridgehead atoms. The van der Waals surface area contributed by atoms with Gasteiger partial charge in [0.1, 0.15) is 11.3 Å². The van der Waals surface area contributed by atoms with Crippen molar-refractivity contribution in [1.29, 1.82) is 0 Å². The summed E-state index contributed by atoms with van der Waals surface area (Å²) in [6, 6.07) is 1.52. The number of carbonyl (C=O) groups excluding carboxylic acids is 1. The van der Waals surface area contributed by atoms with Gasteiger partial charge in [-0.1, -0.05) is 0 Å². The van der Waals surface area contributed by atoms with Crippen LogP contribution in [0.15, 0.2) is 12.3 Å². The Balaban J connectivity index is 3.14. The zero-order chi connectivity index (χ0) is 16.2. The minimum atomic E-state index is -1.02. The van der Waals surface area contributed by atoms with Crippen LogP contribution in [-0.2, 0) is 9.53 Å². The number of hydrogen-bond acceptors (Lipinski definition) is 5. The summed E-state index contributed by atoms with van der Waals surface area (Å²) in [7, 11) is 1.39. The van der Waals surface area contributed by atoms with Crippen LogP contribution in [0.5, 0.6) is 5.88 Å². The smallest absolute Gasteiger partial charge is 0.412 e. The van der Waals surface area contributed by atoms with Crippen molar-refractivity contribution in [1.82, 2.24) is 4.98 Å². The van der Waals surface area contributed by atoms with Crippen LogP contribution in [0.4, 0.5) is 10.5 Å². The van der Waals surface area contributed by atoms with Gasteiger partial charge in [0.05, 0.1) is 13.0 Å². The van der Waals surface area contributed by atoms with Gasteiger partial charge >= 0.3 is 12.1 Å². The Morgan fingerprint density at radius 3 is 2.48 bits per heavy atom. The maximum atomic E-state index is 11.9. The number of methoxy groups -OCH3 is 1. The van der Waals surface area contributed by atoms with Crippen LogP contribution in [0.2, 0.25) is 0 Å². The van der Waals surface area contributed by atoms with Crippen LogP contribution >= 0.6 is 0 Å². The fraction of sp³-hybridized carbons (Fsp3) is 0.500. The third kappa shape index (κ3) is 4.62. The maximum absolute atomic E-state index is 11.9. The zero-order valence-electron chi connectivity index (χ0n) is 12.8. The number of hydrogen-bond donors (Lipinski definition) is 2. The van der Waals surface area contributed by atoms with Crippen LogP contribution in [0.1, 0.15) is 39.2 Å². The first-order valence-electron chi connectivity index (χ1n) is 6.41. The molecule has 7 heteroatoms. The number of carbonyl (C=O) groups is 2. The summed E-state index contributed by atoms with van der Waals surface area (Å²) in [6.45, 7) is 6.70. The van der Waals surface area contributed by atoms with E-state index in [4.69, 9.17) is 14.6 Å². The predicted octanol–water partition coefficient (Wildman–Crippen LogP) is 2.63. The van der Waals surface area contributed by atoms with E-state index in [9.17, 15) is 9.59 Å². The second-order valence-electron chi connectivity index (χ2n) is 5.47. The third-order valence-corrected chi connectivity index (χ3v) is 2.60. The zero-order valence-corrected chi connectivity index (χ0v) is 12.8. The van der Waals surface area contributed by atoms with E-state index < -0.39 is 23.6 Å². The fourth-order valence-corrected chi connectivity index (χ4v) is 1.64. The normalized spacial score (nSPS) is 12.4. The number of aliphatic carboxylic acids is 1. The number of anilines is 1. The summed E-state index contributed by atoms with van der Waals surface area (Å²) in [5.41, 5.74) is -0.0812. The lowest BCUT2D eigenvalue weighted by atomic mass is 10.0. The van der Waals surface area contributed by atoms with Gasteiger partial charge in [0.15, 0.2) is 0 Å². The molecule has 1 atom stereocenters. The van der Waals surface area contributed by atoms with Crippen molar-refractivity contribution >= 4 is 17.7 Å². The molecule has 0 fully saturated rings. The minimum Gasteiger partial charge on any atom is -0.481 e. The van der Waals surface area contributed by atoms with Crippen molar-refractivity contribution in [2.75, 3.05) is 12.4 Å². The van der Waals surface area contributed by atoms with E-state index in [1.54, 1.807) is 20.8 Å². The second kappa shape index (κ2) is 6.43. The van der Waals surface area contributed by atoms with Crippen LogP contribution in [0.3, 0.4) is 0 Å². The first kappa shape index (κ1) is 16.7. The number of nitrogens with one attached hydrogen (secondary N) is 1. The molecule has 116 valence electrons. The number of carboxylic acid groups (broad SMARTS) is 1. The highest BCUT2D eigenvalue weighted by Gasteiger charge is 2.24. The van der Waals surface area contributed by atoms with Gasteiger partial charge < -0.3 is 14.6 Å². The molecule has 0 spiro atoms. The Kier molecular flexibility index (Phi) is 5.12. The second-order valence-corrected chi connectivity index (χ2v) is 5.47. The summed E-state index contributed by atoms with van der Waals surface area (Å²) in [5.74, 6) is -1.71. The molecule has 0 saturated carbocycles. The summed E-state index contributed by atoms with van der Waals surface area (Å²) in [6.07, 6.45) is 0.723. The molecular weight excluding hydrogens is 276 g/mol. The van der Waals surface area contributed by atoms with E-state index >= 15 is 0 Å². The summed E-state index contributed by atoms with van der Waals surface area (Å²) in [5, 5.41) is 11.6. The van der Waals surface area contributed by atoms with Gasteiger partial charge in [0.25, 0.3) is 0 Å². The highest BCUT2D eigenvalue weighted by molar-refractivity contribution is 5.90. The molecule has 0 radical (unpaired) electrons. The number of nitrogens with zero attached hydrogens (tertiary/aromatic N) is 1. The van der Waals surface area contributed by atoms with Gasteiger partial charge in [0, 0.05) is 6.20 Å². The third-order valence-electron chi connectivity index (χ3n) is 2.60. The van der Waals surface area contributed by atoms with Crippen LogP contribution in [0.25, 0.3) is 0 Å². The molecule has 1 rings (SSSR count). The molecule has 1 aromatic heterocycles. The summed E-state index contributed by atoms with van der Waals surface area (Å²) >= 11 is 0. The van der Waals surface area contributed by atoms with Crippen molar-refractivity contribution in [3.05, 3.63) is 17.8 Å².